The number of anilines is 1. The molecule has 0 aliphatic rings. The minimum absolute atomic E-state index is 0.0557. The lowest BCUT2D eigenvalue weighted by atomic mass is 10.2. The van der Waals surface area contributed by atoms with Crippen LogP contribution in [0.25, 0.3) is 0 Å². The quantitative estimate of drug-likeness (QED) is 0.639. The predicted octanol–water partition coefficient (Wildman–Crippen LogP) is 5.26. The fraction of sp³-hybridized carbons (Fsp3) is 0.188. The van der Waals surface area contributed by atoms with Crippen LogP contribution in [0.2, 0.25) is 0 Å². The van der Waals surface area contributed by atoms with Gasteiger partial charge in [0.2, 0.25) is 5.91 Å². The molecule has 0 atom stereocenters. The molecule has 0 spiro atoms. The topological polar surface area (TPSA) is 38.3 Å². The third-order valence-corrected chi connectivity index (χ3v) is 5.39. The Morgan fingerprint density at radius 3 is 2.45 bits per heavy atom. The lowest BCUT2D eigenvalue weighted by Gasteiger charge is -2.12. The third-order valence-electron chi connectivity index (χ3n) is 2.97. The van der Waals surface area contributed by atoms with Crippen molar-refractivity contribution in [1.29, 1.82) is 0 Å². The van der Waals surface area contributed by atoms with E-state index in [0.717, 1.165) is 13.8 Å². The number of nitrogens with one attached hydrogen (secondary N) is 1. The van der Waals surface area contributed by atoms with Gasteiger partial charge in [0.15, 0.2) is 0 Å². The van der Waals surface area contributed by atoms with E-state index >= 15 is 0 Å². The number of amides is 1. The summed E-state index contributed by atoms with van der Waals surface area (Å²) in [5.41, 5.74) is 1.88. The van der Waals surface area contributed by atoms with Crippen molar-refractivity contribution in [2.24, 2.45) is 0 Å². The second kappa shape index (κ2) is 8.04. The molecule has 0 radical (unpaired) electrons. The maximum absolute atomic E-state index is 12.2. The Kier molecular flexibility index (Phi) is 6.35. The third kappa shape index (κ3) is 4.51. The average molecular weight is 445 g/mol. The zero-order chi connectivity index (χ0) is 16.1. The van der Waals surface area contributed by atoms with Gasteiger partial charge in [-0.05, 0) is 62.5 Å². The zero-order valence-corrected chi connectivity index (χ0v) is 16.1. The molecule has 3 nitrogen and oxygen atoms in total. The molecular weight excluding hydrogens is 430 g/mol. The van der Waals surface area contributed by atoms with Crippen molar-refractivity contribution in [3.05, 3.63) is 50.9 Å². The molecule has 0 aromatic heterocycles. The van der Waals surface area contributed by atoms with Crippen molar-refractivity contribution in [3.8, 4) is 5.75 Å². The Morgan fingerprint density at radius 2 is 1.86 bits per heavy atom. The minimum Gasteiger partial charge on any atom is -0.497 e. The Labute approximate surface area is 151 Å². The van der Waals surface area contributed by atoms with Gasteiger partial charge in [-0.2, -0.15) is 0 Å². The van der Waals surface area contributed by atoms with Crippen molar-refractivity contribution in [1.82, 2.24) is 0 Å². The molecule has 1 N–H and O–H groups in total. The van der Waals surface area contributed by atoms with E-state index in [-0.39, 0.29) is 5.91 Å². The number of hydrogen-bond donors (Lipinski definition) is 1. The molecule has 0 fully saturated rings. The molecule has 0 saturated heterocycles. The number of carbonyl (C=O) groups is 1. The second-order valence-corrected chi connectivity index (χ2v) is 7.29. The van der Waals surface area contributed by atoms with Gasteiger partial charge in [0, 0.05) is 13.8 Å². The number of thioether (sulfide) groups is 1. The summed E-state index contributed by atoms with van der Waals surface area (Å²) in [7, 11) is 1.60. The molecule has 2 rings (SSSR count). The SMILES string of the molecule is COc1cc(Br)c(NC(=O)CSc2ccccc2C)c(Br)c1. The van der Waals surface area contributed by atoms with Crippen LogP contribution >= 0.6 is 43.6 Å². The van der Waals surface area contributed by atoms with E-state index in [0.29, 0.717) is 17.2 Å². The van der Waals surface area contributed by atoms with Crippen LogP contribution in [-0.4, -0.2) is 18.8 Å². The van der Waals surface area contributed by atoms with Gasteiger partial charge in [-0.25, -0.2) is 0 Å². The molecule has 6 heteroatoms. The molecule has 0 saturated carbocycles. The summed E-state index contributed by atoms with van der Waals surface area (Å²) in [5, 5.41) is 2.91. The molecule has 0 heterocycles. The van der Waals surface area contributed by atoms with E-state index in [1.165, 1.54) is 17.3 Å². The van der Waals surface area contributed by atoms with Crippen molar-refractivity contribution >= 4 is 55.2 Å². The summed E-state index contributed by atoms with van der Waals surface area (Å²) in [4.78, 5) is 13.3. The van der Waals surface area contributed by atoms with E-state index in [2.05, 4.69) is 37.2 Å². The second-order valence-electron chi connectivity index (χ2n) is 4.57. The summed E-state index contributed by atoms with van der Waals surface area (Å²) in [6.07, 6.45) is 0. The molecule has 1 amide bonds. The molecular formula is C16H15Br2NO2S. The van der Waals surface area contributed by atoms with Crippen molar-refractivity contribution in [2.45, 2.75) is 11.8 Å². The van der Waals surface area contributed by atoms with Crippen LogP contribution in [0.5, 0.6) is 5.75 Å². The van der Waals surface area contributed by atoms with E-state index < -0.39 is 0 Å². The summed E-state index contributed by atoms with van der Waals surface area (Å²) in [5.74, 6) is 1.02. The van der Waals surface area contributed by atoms with Crippen LogP contribution in [0.4, 0.5) is 5.69 Å². The molecule has 0 bridgehead atoms. The van der Waals surface area contributed by atoms with Gasteiger partial charge in [-0.1, -0.05) is 18.2 Å². The predicted molar refractivity (Wildman–Crippen MR) is 98.9 cm³/mol. The number of methoxy groups -OCH3 is 1. The highest BCUT2D eigenvalue weighted by molar-refractivity contribution is 9.11. The van der Waals surface area contributed by atoms with E-state index in [9.17, 15) is 4.79 Å². The fourth-order valence-corrected chi connectivity index (χ4v) is 4.00. The van der Waals surface area contributed by atoms with Crippen LogP contribution in [0.3, 0.4) is 0 Å². The maximum atomic E-state index is 12.2. The standard InChI is InChI=1S/C16H15Br2NO2S/c1-10-5-3-4-6-14(10)22-9-15(20)19-16-12(17)7-11(21-2)8-13(16)18/h3-8H,9H2,1-2H3,(H,19,20). The number of halogens is 2. The summed E-state index contributed by atoms with van der Waals surface area (Å²) < 4.78 is 6.72. The zero-order valence-electron chi connectivity index (χ0n) is 12.2. The van der Waals surface area contributed by atoms with E-state index in [4.69, 9.17) is 4.74 Å². The highest BCUT2D eigenvalue weighted by Gasteiger charge is 2.12. The Hall–Kier alpha value is -0.980. The lowest BCUT2D eigenvalue weighted by Crippen LogP contribution is -2.15. The molecule has 2 aromatic carbocycles. The number of benzene rings is 2. The molecule has 22 heavy (non-hydrogen) atoms. The molecule has 2 aromatic rings. The van der Waals surface area contributed by atoms with Gasteiger partial charge >= 0.3 is 0 Å². The van der Waals surface area contributed by atoms with Crippen molar-refractivity contribution in [2.75, 3.05) is 18.2 Å². The monoisotopic (exact) mass is 443 g/mol. The summed E-state index contributed by atoms with van der Waals surface area (Å²) >= 11 is 8.41. The normalized spacial score (nSPS) is 10.4. The maximum Gasteiger partial charge on any atom is 0.234 e. The molecule has 0 aliphatic carbocycles. The highest BCUT2D eigenvalue weighted by Crippen LogP contribution is 2.35. The van der Waals surface area contributed by atoms with Gasteiger partial charge in [-0.15, -0.1) is 11.8 Å². The molecule has 0 aliphatic heterocycles. The van der Waals surface area contributed by atoms with Gasteiger partial charge in [0.05, 0.1) is 18.6 Å². The smallest absolute Gasteiger partial charge is 0.234 e. The van der Waals surface area contributed by atoms with Gasteiger partial charge < -0.3 is 10.1 Å². The van der Waals surface area contributed by atoms with E-state index in [1.807, 2.05) is 43.3 Å². The average Bonchev–Trinajstić information content (AvgIpc) is 2.49. The number of carbonyl (C=O) groups excluding carboxylic acids is 1. The van der Waals surface area contributed by atoms with Crippen molar-refractivity contribution < 1.29 is 9.53 Å². The van der Waals surface area contributed by atoms with Crippen LogP contribution in [0.1, 0.15) is 5.56 Å². The summed E-state index contributed by atoms with van der Waals surface area (Å²) in [6.45, 7) is 2.04. The van der Waals surface area contributed by atoms with Crippen LogP contribution in [0.15, 0.2) is 50.2 Å². The first-order chi connectivity index (χ1) is 10.5. The first kappa shape index (κ1) is 17.4. The largest absolute Gasteiger partial charge is 0.497 e. The van der Waals surface area contributed by atoms with E-state index in [1.54, 1.807) is 7.11 Å². The van der Waals surface area contributed by atoms with Gasteiger partial charge in [0.25, 0.3) is 0 Å². The molecule has 0 unspecified atom stereocenters. The molecule has 116 valence electrons. The highest BCUT2D eigenvalue weighted by atomic mass is 79.9. The Morgan fingerprint density at radius 1 is 1.23 bits per heavy atom. The first-order valence-corrected chi connectivity index (χ1v) is 9.09. The van der Waals surface area contributed by atoms with Crippen molar-refractivity contribution in [3.63, 3.8) is 0 Å². The number of aryl methyl sites for hydroxylation is 1. The van der Waals surface area contributed by atoms with Gasteiger partial charge in [0.1, 0.15) is 5.75 Å². The van der Waals surface area contributed by atoms with Crippen LogP contribution in [-0.2, 0) is 4.79 Å². The van der Waals surface area contributed by atoms with Crippen LogP contribution in [0, 0.1) is 6.92 Å². The first-order valence-electron chi connectivity index (χ1n) is 6.52. The number of rotatable bonds is 5. The Balaban J connectivity index is 2.02. The number of ether oxygens (including phenoxy) is 1. The summed E-state index contributed by atoms with van der Waals surface area (Å²) in [6, 6.07) is 11.7. The number of hydrogen-bond acceptors (Lipinski definition) is 3. The Bertz CT molecular complexity index is 669. The fourth-order valence-electron chi connectivity index (χ4n) is 1.82. The minimum atomic E-state index is -0.0557. The van der Waals surface area contributed by atoms with Crippen LogP contribution < -0.4 is 10.1 Å². The lowest BCUT2D eigenvalue weighted by molar-refractivity contribution is -0.113. The van der Waals surface area contributed by atoms with Gasteiger partial charge in [-0.3, -0.25) is 4.79 Å².